The number of hydrogen-bond acceptors (Lipinski definition) is 2. The molecule has 4 heteroatoms. The van der Waals surface area contributed by atoms with Gasteiger partial charge in [0.05, 0.1) is 6.10 Å². The van der Waals surface area contributed by atoms with Crippen LogP contribution in [0.15, 0.2) is 28.7 Å². The van der Waals surface area contributed by atoms with Crippen molar-refractivity contribution in [3.8, 4) is 0 Å². The minimum Gasteiger partial charge on any atom is -0.393 e. The van der Waals surface area contributed by atoms with Crippen LogP contribution >= 0.6 is 15.9 Å². The molecule has 0 heterocycles. The molecule has 1 N–H and O–H groups in total. The van der Waals surface area contributed by atoms with Crippen molar-refractivity contribution in [3.63, 3.8) is 0 Å². The summed E-state index contributed by atoms with van der Waals surface area (Å²) < 4.78 is 1.06. The van der Waals surface area contributed by atoms with Crippen LogP contribution in [0.2, 0.25) is 0 Å². The zero-order chi connectivity index (χ0) is 14.0. The second-order valence-corrected chi connectivity index (χ2v) is 6.31. The number of aliphatic hydroxyl groups is 1. The van der Waals surface area contributed by atoms with Gasteiger partial charge in [-0.15, -0.1) is 0 Å². The van der Waals surface area contributed by atoms with Crippen LogP contribution in [0.1, 0.15) is 31.2 Å². The summed E-state index contributed by atoms with van der Waals surface area (Å²) in [5.74, 6) is 0.698. The zero-order valence-corrected chi connectivity index (χ0v) is 12.9. The van der Waals surface area contributed by atoms with E-state index in [1.807, 2.05) is 19.2 Å². The Bertz CT molecular complexity index is 444. The van der Waals surface area contributed by atoms with Crippen molar-refractivity contribution in [2.75, 3.05) is 13.6 Å². The highest BCUT2D eigenvalue weighted by atomic mass is 79.9. The molecule has 0 aromatic heterocycles. The number of amides is 1. The Balaban J connectivity index is 1.88. The van der Waals surface area contributed by atoms with Gasteiger partial charge in [-0.25, -0.2) is 0 Å². The van der Waals surface area contributed by atoms with Crippen LogP contribution in [-0.2, 0) is 4.79 Å². The van der Waals surface area contributed by atoms with Crippen LogP contribution in [0, 0.1) is 5.92 Å². The summed E-state index contributed by atoms with van der Waals surface area (Å²) in [5.41, 5.74) is 1.24. The van der Waals surface area contributed by atoms with E-state index in [4.69, 9.17) is 0 Å². The van der Waals surface area contributed by atoms with Crippen LogP contribution in [0.5, 0.6) is 0 Å². The molecule has 1 fully saturated rings. The molecule has 3 atom stereocenters. The van der Waals surface area contributed by atoms with Gasteiger partial charge in [0.2, 0.25) is 5.91 Å². The van der Waals surface area contributed by atoms with E-state index in [9.17, 15) is 9.90 Å². The molecule has 0 saturated heterocycles. The normalized spacial score (nSPS) is 22.9. The van der Waals surface area contributed by atoms with E-state index in [0.717, 1.165) is 10.9 Å². The maximum absolute atomic E-state index is 12.2. The van der Waals surface area contributed by atoms with Crippen molar-refractivity contribution >= 4 is 21.8 Å². The average molecular weight is 326 g/mol. The van der Waals surface area contributed by atoms with Crippen molar-refractivity contribution < 1.29 is 9.90 Å². The fourth-order valence-corrected chi connectivity index (χ4v) is 2.58. The maximum Gasteiger partial charge on any atom is 0.226 e. The van der Waals surface area contributed by atoms with E-state index in [2.05, 4.69) is 28.1 Å². The SMILES string of the molecule is CC(O)CCN(C)C(=O)C1CC1c1ccc(Br)cc1. The quantitative estimate of drug-likeness (QED) is 0.904. The van der Waals surface area contributed by atoms with Crippen molar-refractivity contribution in [3.05, 3.63) is 34.3 Å². The molecule has 0 radical (unpaired) electrons. The van der Waals surface area contributed by atoms with Crippen molar-refractivity contribution in [1.29, 1.82) is 0 Å². The predicted molar refractivity (Wildman–Crippen MR) is 78.9 cm³/mol. The van der Waals surface area contributed by atoms with Crippen LogP contribution in [-0.4, -0.2) is 35.6 Å². The molecule has 1 amide bonds. The Hall–Kier alpha value is -0.870. The second-order valence-electron chi connectivity index (χ2n) is 5.40. The predicted octanol–water partition coefficient (Wildman–Crippen LogP) is 2.78. The number of hydrogen-bond donors (Lipinski definition) is 1. The van der Waals surface area contributed by atoms with Gasteiger partial charge >= 0.3 is 0 Å². The summed E-state index contributed by atoms with van der Waals surface area (Å²) in [6, 6.07) is 8.20. The molecular weight excluding hydrogens is 306 g/mol. The van der Waals surface area contributed by atoms with Crippen LogP contribution in [0.25, 0.3) is 0 Å². The van der Waals surface area contributed by atoms with Crippen molar-refractivity contribution in [1.82, 2.24) is 4.90 Å². The van der Waals surface area contributed by atoms with Gasteiger partial charge in [0, 0.05) is 24.0 Å². The van der Waals surface area contributed by atoms with E-state index < -0.39 is 0 Å². The molecule has 1 aliphatic carbocycles. The summed E-state index contributed by atoms with van der Waals surface area (Å²) >= 11 is 3.42. The molecular formula is C15H20BrNO2. The molecule has 1 aliphatic rings. The lowest BCUT2D eigenvalue weighted by atomic mass is 10.1. The molecule has 0 bridgehead atoms. The number of aliphatic hydroxyl groups excluding tert-OH is 1. The van der Waals surface area contributed by atoms with Gasteiger partial charge in [-0.1, -0.05) is 28.1 Å². The Labute approximate surface area is 122 Å². The van der Waals surface area contributed by atoms with E-state index in [1.165, 1.54) is 5.56 Å². The van der Waals surface area contributed by atoms with Crippen molar-refractivity contribution in [2.45, 2.75) is 31.8 Å². The number of benzene rings is 1. The largest absolute Gasteiger partial charge is 0.393 e. The van der Waals surface area contributed by atoms with Gasteiger partial charge in [-0.3, -0.25) is 4.79 Å². The lowest BCUT2D eigenvalue weighted by molar-refractivity contribution is -0.131. The number of carbonyl (C=O) groups excluding carboxylic acids is 1. The van der Waals surface area contributed by atoms with Gasteiger partial charge in [0.15, 0.2) is 0 Å². The lowest BCUT2D eigenvalue weighted by Gasteiger charge is -2.18. The molecule has 104 valence electrons. The third-order valence-corrected chi connectivity index (χ3v) is 4.19. The lowest BCUT2D eigenvalue weighted by Crippen LogP contribution is -2.31. The molecule has 1 aromatic rings. The zero-order valence-electron chi connectivity index (χ0n) is 11.3. The summed E-state index contributed by atoms with van der Waals surface area (Å²) in [7, 11) is 1.82. The molecule has 2 rings (SSSR count). The van der Waals surface area contributed by atoms with Gasteiger partial charge in [0.1, 0.15) is 0 Å². The highest BCUT2D eigenvalue weighted by molar-refractivity contribution is 9.10. The molecule has 1 aromatic carbocycles. The Morgan fingerprint density at radius 1 is 1.47 bits per heavy atom. The Morgan fingerprint density at radius 3 is 2.68 bits per heavy atom. The molecule has 0 spiro atoms. The number of carbonyl (C=O) groups is 1. The van der Waals surface area contributed by atoms with Gasteiger partial charge in [0.25, 0.3) is 0 Å². The monoisotopic (exact) mass is 325 g/mol. The molecule has 1 saturated carbocycles. The molecule has 19 heavy (non-hydrogen) atoms. The Morgan fingerprint density at radius 2 is 2.11 bits per heavy atom. The third kappa shape index (κ3) is 3.80. The first kappa shape index (κ1) is 14.5. The topological polar surface area (TPSA) is 40.5 Å². The fourth-order valence-electron chi connectivity index (χ4n) is 2.32. The first-order valence-electron chi connectivity index (χ1n) is 6.67. The van der Waals surface area contributed by atoms with Gasteiger partial charge in [-0.05, 0) is 43.4 Å². The Kier molecular flexibility index (Phi) is 4.63. The minimum absolute atomic E-state index is 0.125. The fraction of sp³-hybridized carbons (Fsp3) is 0.533. The first-order chi connectivity index (χ1) is 8.99. The summed E-state index contributed by atoms with van der Waals surface area (Å²) in [6.45, 7) is 2.38. The molecule has 0 aliphatic heterocycles. The maximum atomic E-state index is 12.2. The van der Waals surface area contributed by atoms with Crippen LogP contribution in [0.3, 0.4) is 0 Å². The minimum atomic E-state index is -0.350. The first-order valence-corrected chi connectivity index (χ1v) is 7.47. The standard InChI is InChI=1S/C15H20BrNO2/c1-10(18)7-8-17(2)15(19)14-9-13(14)11-3-5-12(16)6-4-11/h3-6,10,13-14,18H,7-9H2,1-2H3. The molecule has 3 unspecified atom stereocenters. The second kappa shape index (κ2) is 6.06. The highest BCUT2D eigenvalue weighted by Gasteiger charge is 2.44. The molecule has 3 nitrogen and oxygen atoms in total. The van der Waals surface area contributed by atoms with Crippen LogP contribution < -0.4 is 0 Å². The third-order valence-electron chi connectivity index (χ3n) is 3.66. The van der Waals surface area contributed by atoms with Crippen LogP contribution in [0.4, 0.5) is 0 Å². The van der Waals surface area contributed by atoms with E-state index >= 15 is 0 Å². The summed E-state index contributed by atoms with van der Waals surface area (Å²) in [4.78, 5) is 13.9. The highest BCUT2D eigenvalue weighted by Crippen LogP contribution is 2.48. The van der Waals surface area contributed by atoms with E-state index in [1.54, 1.807) is 11.8 Å². The van der Waals surface area contributed by atoms with E-state index in [-0.39, 0.29) is 17.9 Å². The number of nitrogens with zero attached hydrogens (tertiary/aromatic N) is 1. The van der Waals surface area contributed by atoms with Gasteiger partial charge < -0.3 is 10.0 Å². The van der Waals surface area contributed by atoms with Crippen molar-refractivity contribution in [2.24, 2.45) is 5.92 Å². The summed E-state index contributed by atoms with van der Waals surface area (Å²) in [6.07, 6.45) is 1.23. The van der Waals surface area contributed by atoms with Gasteiger partial charge in [-0.2, -0.15) is 0 Å². The average Bonchev–Trinajstić information content (AvgIpc) is 3.16. The van der Waals surface area contributed by atoms with E-state index in [0.29, 0.717) is 18.9 Å². The smallest absolute Gasteiger partial charge is 0.226 e. The number of halogens is 1. The number of rotatable bonds is 5. The summed E-state index contributed by atoms with van der Waals surface area (Å²) in [5, 5.41) is 9.25.